The number of nitrogens with two attached hydrogens (primary N) is 3. The molecule has 0 aromatic heterocycles. The van der Waals surface area contributed by atoms with Gasteiger partial charge in [0.15, 0.2) is 0 Å². The van der Waals surface area contributed by atoms with Gasteiger partial charge in [-0.1, -0.05) is 20.3 Å². The van der Waals surface area contributed by atoms with E-state index < -0.39 is 47.9 Å². The molecule has 3 amide bonds. The molecule has 0 heterocycles. The molecule has 0 bridgehead atoms. The lowest BCUT2D eigenvalue weighted by atomic mass is 10.0. The minimum absolute atomic E-state index is 0.0996. The van der Waals surface area contributed by atoms with Crippen LogP contribution in [-0.2, 0) is 19.2 Å². The Morgan fingerprint density at radius 2 is 1.28 bits per heavy atom. The molecule has 0 saturated carbocycles. The van der Waals surface area contributed by atoms with Crippen LogP contribution < -0.4 is 33.2 Å². The van der Waals surface area contributed by atoms with E-state index in [1.807, 2.05) is 13.8 Å². The molecule has 186 valence electrons. The molecule has 11 nitrogen and oxygen atoms in total. The van der Waals surface area contributed by atoms with E-state index in [0.717, 1.165) is 6.42 Å². The third-order valence-electron chi connectivity index (χ3n) is 4.96. The summed E-state index contributed by atoms with van der Waals surface area (Å²) in [6, 6.07) is -3.66. The lowest BCUT2D eigenvalue weighted by Crippen LogP contribution is -2.56. The van der Waals surface area contributed by atoms with Crippen LogP contribution in [0.3, 0.4) is 0 Å². The van der Waals surface area contributed by atoms with Gasteiger partial charge >= 0.3 is 5.97 Å². The summed E-state index contributed by atoms with van der Waals surface area (Å²) in [4.78, 5) is 48.9. The number of aliphatic carboxylic acids is 1. The van der Waals surface area contributed by atoms with Crippen molar-refractivity contribution in [1.29, 1.82) is 0 Å². The van der Waals surface area contributed by atoms with Crippen molar-refractivity contribution in [1.82, 2.24) is 16.0 Å². The Kier molecular flexibility index (Phi) is 15.3. The van der Waals surface area contributed by atoms with Crippen LogP contribution in [0.15, 0.2) is 0 Å². The van der Waals surface area contributed by atoms with E-state index in [1.165, 1.54) is 6.92 Å². The fourth-order valence-corrected chi connectivity index (χ4v) is 3.05. The molecule has 0 fully saturated rings. The minimum Gasteiger partial charge on any atom is -0.480 e. The first kappa shape index (κ1) is 29.8. The van der Waals surface area contributed by atoms with Crippen molar-refractivity contribution in [2.45, 2.75) is 89.9 Å². The third-order valence-corrected chi connectivity index (χ3v) is 4.96. The molecule has 0 aromatic carbocycles. The van der Waals surface area contributed by atoms with Gasteiger partial charge in [-0.25, -0.2) is 4.79 Å². The van der Waals surface area contributed by atoms with Crippen molar-refractivity contribution in [2.75, 3.05) is 13.1 Å². The Hall–Kier alpha value is -2.24. The minimum atomic E-state index is -1.15. The van der Waals surface area contributed by atoms with Crippen molar-refractivity contribution in [3.8, 4) is 0 Å². The van der Waals surface area contributed by atoms with Crippen LogP contribution in [0, 0.1) is 5.92 Å². The van der Waals surface area contributed by atoms with E-state index in [1.54, 1.807) is 0 Å². The van der Waals surface area contributed by atoms with Gasteiger partial charge < -0.3 is 38.3 Å². The highest BCUT2D eigenvalue weighted by Gasteiger charge is 2.28. The number of rotatable bonds is 17. The van der Waals surface area contributed by atoms with Gasteiger partial charge in [-0.15, -0.1) is 0 Å². The van der Waals surface area contributed by atoms with Crippen molar-refractivity contribution in [2.24, 2.45) is 23.1 Å². The SMILES string of the molecule is CC(C)CC(NC(=O)C(N)CCCCN)C(=O)NC(C)C(=O)NC(CCCCN)C(=O)O. The van der Waals surface area contributed by atoms with Crippen molar-refractivity contribution >= 4 is 23.7 Å². The van der Waals surface area contributed by atoms with Gasteiger partial charge in [0.25, 0.3) is 0 Å². The molecule has 10 N–H and O–H groups in total. The number of amides is 3. The van der Waals surface area contributed by atoms with Crippen molar-refractivity contribution in [3.63, 3.8) is 0 Å². The Morgan fingerprint density at radius 1 is 0.750 bits per heavy atom. The number of hydrogen-bond acceptors (Lipinski definition) is 7. The van der Waals surface area contributed by atoms with Gasteiger partial charge in [0.1, 0.15) is 18.1 Å². The number of carboxylic acids is 1. The van der Waals surface area contributed by atoms with E-state index in [-0.39, 0.29) is 12.3 Å². The fourth-order valence-electron chi connectivity index (χ4n) is 3.05. The third kappa shape index (κ3) is 12.6. The smallest absolute Gasteiger partial charge is 0.326 e. The second-order valence-corrected chi connectivity index (χ2v) is 8.50. The van der Waals surface area contributed by atoms with Crippen molar-refractivity contribution in [3.05, 3.63) is 0 Å². The maximum Gasteiger partial charge on any atom is 0.326 e. The first-order valence-corrected chi connectivity index (χ1v) is 11.3. The summed E-state index contributed by atoms with van der Waals surface area (Å²) in [6.07, 6.45) is 3.73. The van der Waals surface area contributed by atoms with Crippen LogP contribution >= 0.6 is 0 Å². The van der Waals surface area contributed by atoms with E-state index in [4.69, 9.17) is 17.2 Å². The summed E-state index contributed by atoms with van der Waals surface area (Å²) < 4.78 is 0. The average Bonchev–Trinajstić information content (AvgIpc) is 2.71. The molecule has 0 radical (unpaired) electrons. The second kappa shape index (κ2) is 16.4. The quantitative estimate of drug-likeness (QED) is 0.137. The zero-order valence-electron chi connectivity index (χ0n) is 19.6. The zero-order valence-corrected chi connectivity index (χ0v) is 19.6. The predicted molar refractivity (Wildman–Crippen MR) is 122 cm³/mol. The number of carbonyl (C=O) groups excluding carboxylic acids is 3. The molecule has 0 aliphatic carbocycles. The highest BCUT2D eigenvalue weighted by molar-refractivity contribution is 5.93. The molecule has 4 atom stereocenters. The molecular formula is C21H42N6O5. The topological polar surface area (TPSA) is 203 Å². The van der Waals surface area contributed by atoms with Crippen LogP contribution in [-0.4, -0.2) is 66.1 Å². The maximum absolute atomic E-state index is 12.7. The zero-order chi connectivity index (χ0) is 24.7. The molecule has 32 heavy (non-hydrogen) atoms. The molecular weight excluding hydrogens is 416 g/mol. The summed E-state index contributed by atoms with van der Waals surface area (Å²) in [5.74, 6) is -2.64. The number of carboxylic acid groups (broad SMARTS) is 1. The van der Waals surface area contributed by atoms with Gasteiger partial charge in [0.2, 0.25) is 17.7 Å². The Morgan fingerprint density at radius 3 is 1.78 bits per heavy atom. The molecule has 0 aromatic rings. The van der Waals surface area contributed by atoms with Gasteiger partial charge in [-0.2, -0.15) is 0 Å². The lowest BCUT2D eigenvalue weighted by molar-refractivity contribution is -0.142. The Bertz CT molecular complexity index is 601. The second-order valence-electron chi connectivity index (χ2n) is 8.50. The predicted octanol–water partition coefficient (Wildman–Crippen LogP) is -0.823. The standard InChI is InChI=1S/C21H42N6O5/c1-13(2)12-17(27-19(29)15(24)8-4-6-10-22)20(30)25-14(3)18(28)26-16(21(31)32)9-5-7-11-23/h13-17H,4-12,22-24H2,1-3H3,(H,25,30)(H,26,28)(H,27,29)(H,31,32). The molecule has 11 heteroatoms. The van der Waals surface area contributed by atoms with Crippen molar-refractivity contribution < 1.29 is 24.3 Å². The van der Waals surface area contributed by atoms with Crippen LogP contribution in [0.2, 0.25) is 0 Å². The van der Waals surface area contributed by atoms with Gasteiger partial charge in [0, 0.05) is 0 Å². The fraction of sp³-hybridized carbons (Fsp3) is 0.810. The number of carbonyl (C=O) groups is 4. The molecule has 0 saturated heterocycles. The van der Waals surface area contributed by atoms with Gasteiger partial charge in [-0.05, 0) is 64.5 Å². The first-order chi connectivity index (χ1) is 15.0. The Labute approximate surface area is 190 Å². The normalized spacial score (nSPS) is 14.8. The number of unbranched alkanes of at least 4 members (excludes halogenated alkanes) is 2. The molecule has 0 spiro atoms. The highest BCUT2D eigenvalue weighted by Crippen LogP contribution is 2.07. The summed E-state index contributed by atoms with van der Waals surface area (Å²) in [5.41, 5.74) is 16.8. The first-order valence-electron chi connectivity index (χ1n) is 11.3. The van der Waals surface area contributed by atoms with Crippen LogP contribution in [0.5, 0.6) is 0 Å². The highest BCUT2D eigenvalue weighted by atomic mass is 16.4. The molecule has 0 rings (SSSR count). The summed E-state index contributed by atoms with van der Waals surface area (Å²) in [6.45, 7) is 6.22. The maximum atomic E-state index is 12.7. The summed E-state index contributed by atoms with van der Waals surface area (Å²) in [7, 11) is 0. The summed E-state index contributed by atoms with van der Waals surface area (Å²) in [5, 5.41) is 17.0. The van der Waals surface area contributed by atoms with E-state index in [0.29, 0.717) is 45.2 Å². The summed E-state index contributed by atoms with van der Waals surface area (Å²) >= 11 is 0. The van der Waals surface area contributed by atoms with E-state index >= 15 is 0 Å². The molecule has 4 unspecified atom stereocenters. The van der Waals surface area contributed by atoms with E-state index in [9.17, 15) is 24.3 Å². The van der Waals surface area contributed by atoms with Gasteiger partial charge in [-0.3, -0.25) is 14.4 Å². The number of nitrogens with one attached hydrogen (secondary N) is 3. The number of hydrogen-bond donors (Lipinski definition) is 7. The van der Waals surface area contributed by atoms with Crippen LogP contribution in [0.1, 0.15) is 65.7 Å². The molecule has 0 aliphatic rings. The Balaban J connectivity index is 4.94. The van der Waals surface area contributed by atoms with Crippen LogP contribution in [0.25, 0.3) is 0 Å². The van der Waals surface area contributed by atoms with Crippen LogP contribution in [0.4, 0.5) is 0 Å². The largest absolute Gasteiger partial charge is 0.480 e. The van der Waals surface area contributed by atoms with Gasteiger partial charge in [0.05, 0.1) is 6.04 Å². The molecule has 0 aliphatic heterocycles. The van der Waals surface area contributed by atoms with E-state index in [2.05, 4.69) is 16.0 Å². The lowest BCUT2D eigenvalue weighted by Gasteiger charge is -2.24. The monoisotopic (exact) mass is 458 g/mol. The average molecular weight is 459 g/mol.